The van der Waals surface area contributed by atoms with Crippen LogP contribution in [0.3, 0.4) is 0 Å². The minimum Gasteiger partial charge on any atom is -0.298 e. The van der Waals surface area contributed by atoms with Gasteiger partial charge in [-0.25, -0.2) is 0 Å². The predicted molar refractivity (Wildman–Crippen MR) is 72.1 cm³/mol. The number of carbonyl (C=O) groups excluding carboxylic acids is 2. The fourth-order valence-electron chi connectivity index (χ4n) is 1.90. The van der Waals surface area contributed by atoms with Crippen LogP contribution in [0.25, 0.3) is 11.1 Å². The van der Waals surface area contributed by atoms with Crippen LogP contribution in [0.1, 0.15) is 31.8 Å². The van der Waals surface area contributed by atoms with E-state index in [0.717, 1.165) is 34.8 Å². The van der Waals surface area contributed by atoms with Gasteiger partial charge in [0.15, 0.2) is 6.29 Å². The van der Waals surface area contributed by atoms with Gasteiger partial charge in [-0.2, -0.15) is 0 Å². The van der Waals surface area contributed by atoms with Gasteiger partial charge in [-0.1, -0.05) is 23.8 Å². The zero-order chi connectivity index (χ0) is 13.1. The summed E-state index contributed by atoms with van der Waals surface area (Å²) in [6, 6.07) is 11.5. The molecule has 0 bridgehead atoms. The summed E-state index contributed by atoms with van der Waals surface area (Å²) >= 11 is 0. The van der Waals surface area contributed by atoms with Gasteiger partial charge in [-0.05, 0) is 48.7 Å². The summed E-state index contributed by atoms with van der Waals surface area (Å²) in [5.41, 5.74) is 6.38. The summed E-state index contributed by atoms with van der Waals surface area (Å²) in [6.45, 7) is 3.99. The summed E-state index contributed by atoms with van der Waals surface area (Å²) in [6.07, 6.45) is 1.77. The van der Waals surface area contributed by atoms with E-state index in [0.29, 0.717) is 0 Å². The van der Waals surface area contributed by atoms with E-state index in [2.05, 4.69) is 0 Å². The van der Waals surface area contributed by atoms with Crippen molar-refractivity contribution in [2.24, 2.45) is 0 Å². The van der Waals surface area contributed by atoms with E-state index in [9.17, 15) is 9.59 Å². The Morgan fingerprint density at radius 2 is 1.67 bits per heavy atom. The van der Waals surface area contributed by atoms with Gasteiger partial charge in [0.05, 0.1) is 0 Å². The first-order chi connectivity index (χ1) is 8.65. The third kappa shape index (κ3) is 2.54. The molecule has 2 nitrogen and oxygen atoms in total. The van der Waals surface area contributed by atoms with Crippen molar-refractivity contribution in [2.45, 2.75) is 13.8 Å². The van der Waals surface area contributed by atoms with Crippen molar-refractivity contribution in [3.05, 3.63) is 58.7 Å². The molecule has 0 spiro atoms. The molecule has 0 heterocycles. The van der Waals surface area contributed by atoms with Crippen molar-refractivity contribution in [1.29, 1.82) is 0 Å². The number of hydrogen-bond donors (Lipinski definition) is 0. The first kappa shape index (κ1) is 12.2. The number of carbonyl (C=O) groups is 2. The van der Waals surface area contributed by atoms with E-state index >= 15 is 0 Å². The molecule has 2 aliphatic rings. The molecule has 0 saturated carbocycles. The highest BCUT2D eigenvalue weighted by Gasteiger charge is 2.19. The van der Waals surface area contributed by atoms with Crippen molar-refractivity contribution < 1.29 is 9.59 Å². The van der Waals surface area contributed by atoms with Gasteiger partial charge in [0.25, 0.3) is 0 Å². The Labute approximate surface area is 106 Å². The van der Waals surface area contributed by atoms with E-state index < -0.39 is 0 Å². The topological polar surface area (TPSA) is 34.1 Å². The molecular formula is C16H14O2. The maximum atomic E-state index is 10.3. The summed E-state index contributed by atoms with van der Waals surface area (Å²) in [5.74, 6) is 0. The van der Waals surface area contributed by atoms with Crippen LogP contribution in [0.5, 0.6) is 0 Å². The standard InChI is InChI=1S/C8H6O.C8H8O/c1-5-2-6(4-9)8-3-7(5)8;1-7-3-2-4-8(5-7)6-9/h2-4H,1H3;2-6H,1H3. The normalized spacial score (nSPS) is 10.1. The number of aryl methyl sites for hydroxylation is 2. The average molecular weight is 238 g/mol. The molecule has 1 aromatic rings. The van der Waals surface area contributed by atoms with Gasteiger partial charge >= 0.3 is 0 Å². The van der Waals surface area contributed by atoms with Crippen LogP contribution < -0.4 is 0 Å². The quantitative estimate of drug-likeness (QED) is 0.639. The largest absolute Gasteiger partial charge is 0.298 e. The van der Waals surface area contributed by atoms with Crippen molar-refractivity contribution in [3.8, 4) is 11.1 Å². The maximum Gasteiger partial charge on any atom is 0.150 e. The minimum atomic E-state index is 0.745. The summed E-state index contributed by atoms with van der Waals surface area (Å²) in [7, 11) is 0. The Hall–Kier alpha value is -2.22. The number of hydrogen-bond acceptors (Lipinski definition) is 2. The highest BCUT2D eigenvalue weighted by molar-refractivity contribution is 5.99. The summed E-state index contributed by atoms with van der Waals surface area (Å²) in [5, 5.41) is 0. The average Bonchev–Trinajstić information content (AvgIpc) is 3.11. The molecule has 2 heteroatoms. The fourth-order valence-corrected chi connectivity index (χ4v) is 1.90. The van der Waals surface area contributed by atoms with E-state index in [1.165, 1.54) is 11.1 Å². The Kier molecular flexibility index (Phi) is 3.38. The van der Waals surface area contributed by atoms with Crippen molar-refractivity contribution in [3.63, 3.8) is 0 Å². The molecule has 1 aromatic carbocycles. The van der Waals surface area contributed by atoms with Crippen LogP contribution in [0.2, 0.25) is 0 Å². The van der Waals surface area contributed by atoms with Crippen molar-refractivity contribution >= 4 is 12.6 Å². The van der Waals surface area contributed by atoms with Gasteiger partial charge < -0.3 is 0 Å². The Morgan fingerprint density at radius 1 is 0.889 bits per heavy atom. The van der Waals surface area contributed by atoms with Crippen LogP contribution in [-0.2, 0) is 0 Å². The maximum absolute atomic E-state index is 10.3. The summed E-state index contributed by atoms with van der Waals surface area (Å²) in [4.78, 5) is 20.4. The first-order valence-corrected chi connectivity index (χ1v) is 5.77. The molecule has 0 N–H and O–H groups in total. The van der Waals surface area contributed by atoms with E-state index in [1.54, 1.807) is 6.07 Å². The smallest absolute Gasteiger partial charge is 0.150 e. The van der Waals surface area contributed by atoms with E-state index in [4.69, 9.17) is 0 Å². The molecule has 0 fully saturated rings. The molecule has 0 atom stereocenters. The SMILES string of the molecule is Cc1cc(C=O)c2cc1-2.Cc1cccc(C=O)c1. The lowest BCUT2D eigenvalue weighted by Crippen LogP contribution is -1.78. The van der Waals surface area contributed by atoms with Gasteiger partial charge in [0, 0.05) is 11.1 Å². The van der Waals surface area contributed by atoms with Gasteiger partial charge in [-0.15, -0.1) is 0 Å². The first-order valence-electron chi connectivity index (χ1n) is 5.77. The van der Waals surface area contributed by atoms with Crippen molar-refractivity contribution in [2.75, 3.05) is 0 Å². The van der Waals surface area contributed by atoms with Gasteiger partial charge in [-0.3, -0.25) is 9.59 Å². The molecule has 18 heavy (non-hydrogen) atoms. The Balaban J connectivity index is 0.000000134. The van der Waals surface area contributed by atoms with Crippen LogP contribution >= 0.6 is 0 Å². The number of benzene rings is 2. The molecule has 3 rings (SSSR count). The molecule has 0 amide bonds. The highest BCUT2D eigenvalue weighted by Crippen LogP contribution is 2.40. The highest BCUT2D eigenvalue weighted by atomic mass is 16.1. The molecule has 2 aliphatic carbocycles. The fraction of sp³-hybridized carbons (Fsp3) is 0.125. The monoisotopic (exact) mass is 238 g/mol. The number of fused-ring (bicyclic) bond motifs is 1. The second-order valence-electron chi connectivity index (χ2n) is 4.40. The zero-order valence-electron chi connectivity index (χ0n) is 10.4. The molecule has 0 aliphatic heterocycles. The number of aldehydes is 2. The van der Waals surface area contributed by atoms with Crippen LogP contribution in [0.4, 0.5) is 0 Å². The van der Waals surface area contributed by atoms with Gasteiger partial charge in [0.1, 0.15) is 6.29 Å². The van der Waals surface area contributed by atoms with Crippen molar-refractivity contribution in [1.82, 2.24) is 0 Å². The predicted octanol–water partition coefficient (Wildman–Crippen LogP) is 3.60. The lowest BCUT2D eigenvalue weighted by Gasteiger charge is -1.89. The Bertz CT molecular complexity index is 612. The third-order valence-corrected chi connectivity index (χ3v) is 2.91. The zero-order valence-corrected chi connectivity index (χ0v) is 10.4. The van der Waals surface area contributed by atoms with Crippen LogP contribution in [-0.4, -0.2) is 12.6 Å². The van der Waals surface area contributed by atoms with Gasteiger partial charge in [0.2, 0.25) is 0 Å². The van der Waals surface area contributed by atoms with Crippen LogP contribution in [0, 0.1) is 13.8 Å². The number of rotatable bonds is 2. The molecular weight excluding hydrogens is 224 g/mol. The van der Waals surface area contributed by atoms with E-state index in [-0.39, 0.29) is 0 Å². The summed E-state index contributed by atoms with van der Waals surface area (Å²) < 4.78 is 0. The lowest BCUT2D eigenvalue weighted by atomic mass is 10.2. The minimum absolute atomic E-state index is 0.745. The second-order valence-corrected chi connectivity index (χ2v) is 4.40. The third-order valence-electron chi connectivity index (χ3n) is 2.91. The van der Waals surface area contributed by atoms with E-state index in [1.807, 2.05) is 44.2 Å². The molecule has 90 valence electrons. The second kappa shape index (κ2) is 4.96. The molecule has 0 aromatic heterocycles. The molecule has 0 unspecified atom stereocenters. The lowest BCUT2D eigenvalue weighted by molar-refractivity contribution is 0.111. The molecule has 0 radical (unpaired) electrons. The Morgan fingerprint density at radius 3 is 2.00 bits per heavy atom. The molecule has 0 saturated heterocycles. The van der Waals surface area contributed by atoms with Crippen LogP contribution in [0.15, 0.2) is 36.4 Å².